The molecular formula is C32H30F3N5O3. The van der Waals surface area contributed by atoms with E-state index in [1.807, 2.05) is 30.1 Å². The average Bonchev–Trinajstić information content (AvgIpc) is 3.59. The molecule has 0 radical (unpaired) electrons. The number of carbonyl (C=O) groups is 2. The summed E-state index contributed by atoms with van der Waals surface area (Å²) in [5.41, 5.74) is 7.37. The molecule has 1 saturated heterocycles. The molecule has 2 atom stereocenters. The van der Waals surface area contributed by atoms with Crippen molar-refractivity contribution in [2.24, 2.45) is 0 Å². The van der Waals surface area contributed by atoms with Crippen LogP contribution in [0.5, 0.6) is 0 Å². The summed E-state index contributed by atoms with van der Waals surface area (Å²) in [5.74, 6) is -2.34. The van der Waals surface area contributed by atoms with Crippen LogP contribution in [0.15, 0.2) is 66.7 Å². The molecule has 1 saturated carbocycles. The van der Waals surface area contributed by atoms with E-state index in [1.54, 1.807) is 0 Å². The predicted molar refractivity (Wildman–Crippen MR) is 159 cm³/mol. The fourth-order valence-corrected chi connectivity index (χ4v) is 6.16. The molecule has 2 aliphatic heterocycles. The Morgan fingerprint density at radius 3 is 2.44 bits per heavy atom. The van der Waals surface area contributed by atoms with Crippen molar-refractivity contribution in [1.82, 2.24) is 15.5 Å². The molecule has 7 rings (SSSR count). The number of nitrogens with zero attached hydrogens (tertiary/aromatic N) is 3. The zero-order valence-corrected chi connectivity index (χ0v) is 23.4. The Morgan fingerprint density at radius 1 is 1.05 bits per heavy atom. The number of aromatic amines is 1. The summed E-state index contributed by atoms with van der Waals surface area (Å²) in [7, 11) is 1.89. The molecule has 3 aliphatic rings. The van der Waals surface area contributed by atoms with Gasteiger partial charge < -0.3 is 20.2 Å². The lowest BCUT2D eigenvalue weighted by Gasteiger charge is -2.29. The number of halogens is 3. The topological polar surface area (TPSA) is 102 Å². The van der Waals surface area contributed by atoms with Crippen molar-refractivity contribution in [2.75, 3.05) is 43.0 Å². The molecule has 11 heteroatoms. The smallest absolute Gasteiger partial charge is 0.475 e. The number of fused-ring (bicyclic) bond motifs is 3. The third-order valence-corrected chi connectivity index (χ3v) is 8.46. The van der Waals surface area contributed by atoms with Gasteiger partial charge in [0.05, 0.1) is 16.6 Å². The van der Waals surface area contributed by atoms with Gasteiger partial charge in [0.1, 0.15) is 0 Å². The minimum atomic E-state index is -5.08. The molecule has 43 heavy (non-hydrogen) atoms. The summed E-state index contributed by atoms with van der Waals surface area (Å²) in [5, 5.41) is 19.4. The quantitative estimate of drug-likeness (QED) is 0.304. The maximum Gasteiger partial charge on any atom is 0.490 e. The van der Waals surface area contributed by atoms with Gasteiger partial charge in [-0.3, -0.25) is 9.89 Å². The van der Waals surface area contributed by atoms with Crippen LogP contribution in [-0.2, 0) is 15.0 Å². The Hall–Kier alpha value is -4.64. The molecule has 1 amide bonds. The molecule has 1 aliphatic carbocycles. The van der Waals surface area contributed by atoms with Crippen molar-refractivity contribution in [3.63, 3.8) is 0 Å². The second-order valence-electron chi connectivity index (χ2n) is 11.0. The number of aliphatic carboxylic acids is 1. The molecule has 8 nitrogen and oxygen atoms in total. The Labute approximate surface area is 245 Å². The number of likely N-dealkylation sites (N-methyl/N-ethyl adjacent to an activating group) is 1. The molecular weight excluding hydrogens is 559 g/mol. The van der Waals surface area contributed by atoms with Crippen molar-refractivity contribution in [3.8, 4) is 0 Å². The van der Waals surface area contributed by atoms with Crippen molar-refractivity contribution >= 4 is 46.3 Å². The minimum Gasteiger partial charge on any atom is -0.475 e. The van der Waals surface area contributed by atoms with Gasteiger partial charge >= 0.3 is 12.1 Å². The molecule has 222 valence electrons. The van der Waals surface area contributed by atoms with E-state index in [1.165, 1.54) is 16.8 Å². The van der Waals surface area contributed by atoms with Crippen molar-refractivity contribution < 1.29 is 27.9 Å². The zero-order chi connectivity index (χ0) is 30.4. The normalized spacial score (nSPS) is 21.3. The van der Waals surface area contributed by atoms with E-state index in [0.717, 1.165) is 60.4 Å². The monoisotopic (exact) mass is 589 g/mol. The number of amides is 1. The van der Waals surface area contributed by atoms with Crippen LogP contribution in [0.2, 0.25) is 0 Å². The fraction of sp³-hybridized carbons (Fsp3) is 0.281. The van der Waals surface area contributed by atoms with Gasteiger partial charge in [0.15, 0.2) is 0 Å². The van der Waals surface area contributed by atoms with Crippen molar-refractivity contribution in [2.45, 2.75) is 23.9 Å². The van der Waals surface area contributed by atoms with Crippen molar-refractivity contribution in [1.29, 1.82) is 0 Å². The summed E-state index contributed by atoms with van der Waals surface area (Å²) >= 11 is 0. The van der Waals surface area contributed by atoms with E-state index in [0.29, 0.717) is 0 Å². The Morgan fingerprint density at radius 2 is 1.74 bits per heavy atom. The molecule has 3 aromatic carbocycles. The lowest BCUT2D eigenvalue weighted by atomic mass is 9.92. The van der Waals surface area contributed by atoms with Gasteiger partial charge in [0, 0.05) is 55.9 Å². The molecule has 1 spiro atoms. The van der Waals surface area contributed by atoms with Crippen LogP contribution in [-0.4, -0.2) is 66.6 Å². The first-order valence-corrected chi connectivity index (χ1v) is 14.0. The Balaban J connectivity index is 0.000000423. The van der Waals surface area contributed by atoms with E-state index in [-0.39, 0.29) is 11.8 Å². The molecule has 1 aromatic heterocycles. The summed E-state index contributed by atoms with van der Waals surface area (Å²) in [4.78, 5) is 26.4. The number of hydrogen-bond donors (Lipinski definition) is 3. The minimum absolute atomic E-state index is 0.206. The highest BCUT2D eigenvalue weighted by Gasteiger charge is 2.66. The maximum atomic E-state index is 13.2. The average molecular weight is 590 g/mol. The first-order chi connectivity index (χ1) is 20.6. The van der Waals surface area contributed by atoms with Crippen LogP contribution in [0.3, 0.4) is 0 Å². The molecule has 2 fully saturated rings. The van der Waals surface area contributed by atoms with Crippen LogP contribution in [0.25, 0.3) is 23.1 Å². The van der Waals surface area contributed by atoms with Gasteiger partial charge in [-0.05, 0) is 53.5 Å². The number of carbonyl (C=O) groups excluding carboxylic acids is 1. The van der Waals surface area contributed by atoms with Crippen LogP contribution in [0, 0.1) is 0 Å². The number of benzene rings is 3. The maximum absolute atomic E-state index is 13.2. The second kappa shape index (κ2) is 10.9. The van der Waals surface area contributed by atoms with Crippen LogP contribution >= 0.6 is 0 Å². The number of H-pyrrole nitrogens is 1. The van der Waals surface area contributed by atoms with Gasteiger partial charge in [0.2, 0.25) is 5.91 Å². The Kier molecular flexibility index (Phi) is 7.21. The Bertz CT molecular complexity index is 1710. The number of alkyl halides is 3. The van der Waals surface area contributed by atoms with E-state index >= 15 is 0 Å². The largest absolute Gasteiger partial charge is 0.490 e. The lowest BCUT2D eigenvalue weighted by molar-refractivity contribution is -0.192. The first-order valence-electron chi connectivity index (χ1n) is 14.0. The highest BCUT2D eigenvalue weighted by atomic mass is 19.4. The fourth-order valence-electron chi connectivity index (χ4n) is 6.16. The van der Waals surface area contributed by atoms with Gasteiger partial charge in [-0.15, -0.1) is 0 Å². The lowest BCUT2D eigenvalue weighted by Crippen LogP contribution is -2.43. The number of hydrogen-bond acceptors (Lipinski definition) is 5. The summed E-state index contributed by atoms with van der Waals surface area (Å²) in [6, 6.07) is 23.4. The first kappa shape index (κ1) is 28.5. The molecule has 0 bridgehead atoms. The number of nitrogens with one attached hydrogen (secondary N) is 2. The second-order valence-corrected chi connectivity index (χ2v) is 11.0. The van der Waals surface area contributed by atoms with Gasteiger partial charge in [-0.1, -0.05) is 48.5 Å². The number of aromatic nitrogens is 2. The zero-order valence-electron chi connectivity index (χ0n) is 23.4. The highest BCUT2D eigenvalue weighted by molar-refractivity contribution is 6.11. The molecule has 3 N–H and O–H groups in total. The van der Waals surface area contributed by atoms with Gasteiger partial charge in [-0.25, -0.2) is 4.79 Å². The van der Waals surface area contributed by atoms with Crippen molar-refractivity contribution in [3.05, 3.63) is 89.1 Å². The summed E-state index contributed by atoms with van der Waals surface area (Å²) in [6.07, 6.45) is -0.0307. The van der Waals surface area contributed by atoms with Crippen LogP contribution < -0.4 is 15.1 Å². The number of para-hydroxylation sites is 1. The highest BCUT2D eigenvalue weighted by Crippen LogP contribution is 2.66. The van der Waals surface area contributed by atoms with E-state index in [4.69, 9.17) is 9.90 Å². The number of anilines is 2. The number of carboxylic acids is 1. The third kappa shape index (κ3) is 5.25. The van der Waals surface area contributed by atoms with E-state index in [9.17, 15) is 18.0 Å². The van der Waals surface area contributed by atoms with Gasteiger partial charge in [-0.2, -0.15) is 18.3 Å². The molecule has 4 aromatic rings. The molecule has 3 heterocycles. The van der Waals surface area contributed by atoms with Crippen LogP contribution in [0.4, 0.5) is 24.5 Å². The van der Waals surface area contributed by atoms with E-state index in [2.05, 4.69) is 81.1 Å². The number of piperazine rings is 1. The number of rotatable bonds is 4. The summed E-state index contributed by atoms with van der Waals surface area (Å²) in [6.45, 7) is 4.18. The predicted octanol–water partition coefficient (Wildman–Crippen LogP) is 5.18. The van der Waals surface area contributed by atoms with Crippen LogP contribution in [0.1, 0.15) is 34.7 Å². The number of carboxylic acid groups (broad SMARTS) is 1. The van der Waals surface area contributed by atoms with Gasteiger partial charge in [0.25, 0.3) is 0 Å². The molecule has 0 unspecified atom stereocenters. The van der Waals surface area contributed by atoms with E-state index < -0.39 is 17.6 Å². The summed E-state index contributed by atoms with van der Waals surface area (Å²) < 4.78 is 31.7. The third-order valence-electron chi connectivity index (χ3n) is 8.46. The SMILES string of the molecule is CN1C(=O)[C@@]2(C[C@H]2c2ccc3c(C=Cc4ccc(N5CCNCC5)cc4)n[nH]c3c2)c2ccccc21.O=C(O)C(F)(F)F. The standard InChI is InChI=1S/C30H29N5O.C2HF3O2/c1-34-28-5-3-2-4-24(28)30(29(34)36)19-25(30)21-9-12-23-26(32-33-27(23)18-21)13-8-20-6-10-22(11-7-20)35-16-14-31-15-17-35;3-2(4,5)1(6)7/h2-13,18,25,31H,14-17,19H2,1H3,(H,32,33);(H,6,7)/t25-,30-;/m0./s1.